The molecule has 0 aliphatic carbocycles. The van der Waals surface area contributed by atoms with E-state index >= 15 is 0 Å². The first kappa shape index (κ1) is 24.4. The summed E-state index contributed by atoms with van der Waals surface area (Å²) in [5, 5.41) is -0.464. The maximum absolute atomic E-state index is 12.7. The van der Waals surface area contributed by atoms with Gasteiger partial charge in [0.1, 0.15) is 6.61 Å². The average molecular weight is 455 g/mol. The minimum Gasteiger partial charge on any atom is -0.448 e. The quantitative estimate of drug-likeness (QED) is 0.455. The van der Waals surface area contributed by atoms with E-state index < -0.39 is 30.6 Å². The van der Waals surface area contributed by atoms with Crippen LogP contribution >= 0.6 is 0 Å². The van der Waals surface area contributed by atoms with Gasteiger partial charge >= 0.3 is 6.09 Å². The summed E-state index contributed by atoms with van der Waals surface area (Å²) < 4.78 is 61.2. The van der Waals surface area contributed by atoms with Gasteiger partial charge in [0, 0.05) is 12.6 Å². The van der Waals surface area contributed by atoms with Crippen LogP contribution in [-0.2, 0) is 29.3 Å². The highest BCUT2D eigenvalue weighted by Crippen LogP contribution is 2.31. The Kier molecular flexibility index (Phi) is 7.62. The Balaban J connectivity index is 1.91. The van der Waals surface area contributed by atoms with E-state index in [9.17, 15) is 21.6 Å². The Hall–Kier alpha value is -0.910. The van der Waals surface area contributed by atoms with Crippen molar-refractivity contribution in [3.8, 4) is 0 Å². The van der Waals surface area contributed by atoms with Crippen molar-refractivity contribution in [2.45, 2.75) is 57.9 Å². The van der Waals surface area contributed by atoms with Gasteiger partial charge in [-0.25, -0.2) is 21.6 Å². The smallest absolute Gasteiger partial charge is 0.410 e. The molecule has 0 N–H and O–H groups in total. The standard InChI is InChI=1S/C18H34N2O7S2/c1-14(2)28(22,23)9-8-26-13-18(4,5)20-11-16(12-29(20,24)25)10-15(3)19-6-7-27-17(19)21/h14-16H,6-13H2,1-5H3. The molecule has 0 saturated carbocycles. The predicted octanol–water partition coefficient (Wildman–Crippen LogP) is 1.10. The summed E-state index contributed by atoms with van der Waals surface area (Å²) in [6.45, 7) is 10.1. The highest BCUT2D eigenvalue weighted by atomic mass is 32.2. The van der Waals surface area contributed by atoms with E-state index in [1.807, 2.05) is 6.92 Å². The number of nitrogens with zero attached hydrogens (tertiary/aromatic N) is 2. The summed E-state index contributed by atoms with van der Waals surface area (Å²) in [5.41, 5.74) is -0.787. The SMILES string of the molecule is CC(CC1CN(C(C)(C)COCCS(=O)(=O)C(C)C)S(=O)(=O)C1)N1CCOC1=O. The normalized spacial score (nSPS) is 24.3. The molecular formula is C18H34N2O7S2. The second kappa shape index (κ2) is 9.07. The minimum atomic E-state index is -3.46. The highest BCUT2D eigenvalue weighted by Gasteiger charge is 2.45. The Morgan fingerprint density at radius 3 is 2.48 bits per heavy atom. The fraction of sp³-hybridized carbons (Fsp3) is 0.944. The molecule has 1 amide bonds. The maximum atomic E-state index is 12.7. The molecule has 29 heavy (non-hydrogen) atoms. The second-order valence-electron chi connectivity index (χ2n) is 8.85. The number of hydrogen-bond donors (Lipinski definition) is 0. The Morgan fingerprint density at radius 1 is 1.28 bits per heavy atom. The molecule has 2 rings (SSSR count). The largest absolute Gasteiger partial charge is 0.448 e. The average Bonchev–Trinajstić information content (AvgIpc) is 3.14. The van der Waals surface area contributed by atoms with E-state index in [0.29, 0.717) is 26.1 Å². The molecule has 11 heteroatoms. The summed E-state index contributed by atoms with van der Waals surface area (Å²) in [4.78, 5) is 13.4. The molecule has 2 unspecified atom stereocenters. The van der Waals surface area contributed by atoms with Crippen molar-refractivity contribution in [3.05, 3.63) is 0 Å². The zero-order chi connectivity index (χ0) is 22.0. The zero-order valence-corrected chi connectivity index (χ0v) is 19.6. The van der Waals surface area contributed by atoms with Crippen LogP contribution in [-0.4, -0.2) is 93.4 Å². The Labute approximate surface area is 174 Å². The highest BCUT2D eigenvalue weighted by molar-refractivity contribution is 7.92. The molecule has 2 aliphatic heterocycles. The molecule has 2 aliphatic rings. The topological polar surface area (TPSA) is 110 Å². The molecule has 2 heterocycles. The van der Waals surface area contributed by atoms with Crippen molar-refractivity contribution in [2.75, 3.05) is 44.4 Å². The summed E-state index contributed by atoms with van der Waals surface area (Å²) in [5.74, 6) is -0.144. The maximum Gasteiger partial charge on any atom is 0.410 e. The Morgan fingerprint density at radius 2 is 1.93 bits per heavy atom. The van der Waals surface area contributed by atoms with Crippen LogP contribution in [0.4, 0.5) is 4.79 Å². The summed E-state index contributed by atoms with van der Waals surface area (Å²) in [6, 6.07) is -0.0919. The molecule has 9 nitrogen and oxygen atoms in total. The fourth-order valence-corrected chi connectivity index (χ4v) is 6.86. The third-order valence-electron chi connectivity index (χ3n) is 5.57. The second-order valence-corrected chi connectivity index (χ2v) is 13.5. The van der Waals surface area contributed by atoms with Crippen molar-refractivity contribution in [2.24, 2.45) is 5.92 Å². The first-order valence-electron chi connectivity index (χ1n) is 9.99. The first-order valence-corrected chi connectivity index (χ1v) is 13.3. The van der Waals surface area contributed by atoms with Crippen molar-refractivity contribution >= 4 is 26.0 Å². The van der Waals surface area contributed by atoms with E-state index in [0.717, 1.165) is 0 Å². The molecule has 0 aromatic carbocycles. The first-order chi connectivity index (χ1) is 13.3. The van der Waals surface area contributed by atoms with Gasteiger partial charge in [0.2, 0.25) is 10.0 Å². The number of hydrogen-bond acceptors (Lipinski definition) is 7. The molecule has 0 radical (unpaired) electrons. The van der Waals surface area contributed by atoms with Gasteiger partial charge in [-0.3, -0.25) is 0 Å². The van der Waals surface area contributed by atoms with Gasteiger partial charge in [-0.15, -0.1) is 0 Å². The molecule has 0 aromatic rings. The fourth-order valence-electron chi connectivity index (χ4n) is 3.78. The number of sulfone groups is 1. The van der Waals surface area contributed by atoms with Crippen LogP contribution in [0.25, 0.3) is 0 Å². The zero-order valence-electron chi connectivity index (χ0n) is 18.0. The van der Waals surface area contributed by atoms with Crippen LogP contribution in [0.15, 0.2) is 0 Å². The number of sulfonamides is 1. The van der Waals surface area contributed by atoms with E-state index in [1.165, 1.54) is 4.31 Å². The van der Waals surface area contributed by atoms with Crippen LogP contribution < -0.4 is 0 Å². The number of carbonyl (C=O) groups excluding carboxylic acids is 1. The van der Waals surface area contributed by atoms with Gasteiger partial charge in [0.15, 0.2) is 9.84 Å². The van der Waals surface area contributed by atoms with E-state index in [2.05, 4.69) is 0 Å². The molecule has 170 valence electrons. The van der Waals surface area contributed by atoms with Gasteiger partial charge in [-0.05, 0) is 47.0 Å². The van der Waals surface area contributed by atoms with Gasteiger partial charge < -0.3 is 14.4 Å². The van der Waals surface area contributed by atoms with Crippen LogP contribution in [0.1, 0.15) is 41.0 Å². The third-order valence-corrected chi connectivity index (χ3v) is 9.95. The van der Waals surface area contributed by atoms with E-state index in [-0.39, 0.29) is 42.8 Å². The van der Waals surface area contributed by atoms with Crippen LogP contribution in [0.2, 0.25) is 0 Å². The van der Waals surface area contributed by atoms with Crippen LogP contribution in [0.5, 0.6) is 0 Å². The van der Waals surface area contributed by atoms with Gasteiger partial charge in [0.05, 0.1) is 42.1 Å². The lowest BCUT2D eigenvalue weighted by molar-refractivity contribution is 0.0560. The molecule has 0 aromatic heterocycles. The number of carbonyl (C=O) groups is 1. The van der Waals surface area contributed by atoms with Crippen molar-refractivity contribution in [3.63, 3.8) is 0 Å². The lowest BCUT2D eigenvalue weighted by Gasteiger charge is -2.34. The molecule has 2 saturated heterocycles. The van der Waals surface area contributed by atoms with Gasteiger partial charge in [-0.1, -0.05) is 0 Å². The molecule has 2 atom stereocenters. The lowest BCUT2D eigenvalue weighted by Crippen LogP contribution is -2.48. The predicted molar refractivity (Wildman–Crippen MR) is 110 cm³/mol. The molecule has 0 bridgehead atoms. The molecule has 0 spiro atoms. The molecular weight excluding hydrogens is 420 g/mol. The summed E-state index contributed by atoms with van der Waals surface area (Å²) in [7, 11) is -6.65. The summed E-state index contributed by atoms with van der Waals surface area (Å²) >= 11 is 0. The van der Waals surface area contributed by atoms with Crippen LogP contribution in [0.3, 0.4) is 0 Å². The monoisotopic (exact) mass is 454 g/mol. The van der Waals surface area contributed by atoms with Gasteiger partial charge in [-0.2, -0.15) is 4.31 Å². The number of ether oxygens (including phenoxy) is 2. The Bertz CT molecular complexity index is 793. The van der Waals surface area contributed by atoms with Gasteiger partial charge in [0.25, 0.3) is 0 Å². The number of amides is 1. The van der Waals surface area contributed by atoms with Crippen LogP contribution in [0, 0.1) is 5.92 Å². The lowest BCUT2D eigenvalue weighted by atomic mass is 9.99. The van der Waals surface area contributed by atoms with E-state index in [1.54, 1.807) is 32.6 Å². The van der Waals surface area contributed by atoms with Crippen molar-refractivity contribution < 1.29 is 31.1 Å². The summed E-state index contributed by atoms with van der Waals surface area (Å²) in [6.07, 6.45) is 0.231. The van der Waals surface area contributed by atoms with Crippen molar-refractivity contribution in [1.29, 1.82) is 0 Å². The number of cyclic esters (lactones) is 1. The minimum absolute atomic E-state index is 0.0331. The third kappa shape index (κ3) is 6.05. The molecule has 2 fully saturated rings. The van der Waals surface area contributed by atoms with Crippen molar-refractivity contribution in [1.82, 2.24) is 9.21 Å². The number of rotatable bonds is 10. The van der Waals surface area contributed by atoms with E-state index in [4.69, 9.17) is 9.47 Å².